The maximum atomic E-state index is 13.9. The van der Waals surface area contributed by atoms with Crippen LogP contribution in [-0.4, -0.2) is 40.0 Å². The van der Waals surface area contributed by atoms with Crippen LogP contribution in [0, 0.1) is 5.82 Å². The molecule has 3 rings (SSSR count). The van der Waals surface area contributed by atoms with E-state index in [9.17, 15) is 4.39 Å². The standard InChI is InChI=1S/C15H16FN5O/c1-22-8-4-7-17-14-11-9-20-21(15(11)19-10-18-14)13-6-3-2-5-12(13)16/h2-3,5-6,9-10H,4,7-8H2,1H3,(H,17,18,19). The van der Waals surface area contributed by atoms with E-state index in [1.54, 1.807) is 31.5 Å². The van der Waals surface area contributed by atoms with Crippen LogP contribution in [0.1, 0.15) is 6.42 Å². The summed E-state index contributed by atoms with van der Waals surface area (Å²) in [7, 11) is 1.67. The number of benzene rings is 1. The van der Waals surface area contributed by atoms with Gasteiger partial charge in [-0.15, -0.1) is 0 Å². The number of halogens is 1. The van der Waals surface area contributed by atoms with Gasteiger partial charge in [-0.05, 0) is 18.6 Å². The molecule has 0 aliphatic heterocycles. The lowest BCUT2D eigenvalue weighted by atomic mass is 10.3. The number of hydrogen-bond donors (Lipinski definition) is 1. The minimum absolute atomic E-state index is 0.347. The first kappa shape index (κ1) is 14.4. The summed E-state index contributed by atoms with van der Waals surface area (Å²) in [6.07, 6.45) is 3.95. The molecule has 0 unspecified atom stereocenters. The largest absolute Gasteiger partial charge is 0.385 e. The second-order valence-corrected chi connectivity index (χ2v) is 4.74. The zero-order valence-electron chi connectivity index (χ0n) is 12.2. The number of aromatic nitrogens is 4. The van der Waals surface area contributed by atoms with E-state index in [-0.39, 0.29) is 5.82 Å². The van der Waals surface area contributed by atoms with Gasteiger partial charge in [0.25, 0.3) is 0 Å². The van der Waals surface area contributed by atoms with E-state index in [0.29, 0.717) is 23.8 Å². The van der Waals surface area contributed by atoms with Gasteiger partial charge in [0.15, 0.2) is 5.65 Å². The first-order valence-electron chi connectivity index (χ1n) is 6.97. The average Bonchev–Trinajstić information content (AvgIpc) is 2.97. The van der Waals surface area contributed by atoms with Crippen molar-refractivity contribution in [1.29, 1.82) is 0 Å². The van der Waals surface area contributed by atoms with Crippen LogP contribution in [0.3, 0.4) is 0 Å². The highest BCUT2D eigenvalue weighted by atomic mass is 19.1. The molecule has 0 aliphatic rings. The van der Waals surface area contributed by atoms with Crippen molar-refractivity contribution in [2.24, 2.45) is 0 Å². The number of ether oxygens (including phenoxy) is 1. The van der Waals surface area contributed by atoms with Gasteiger partial charge in [-0.3, -0.25) is 0 Å². The lowest BCUT2D eigenvalue weighted by Gasteiger charge is -2.07. The van der Waals surface area contributed by atoms with Crippen LogP contribution in [0.25, 0.3) is 16.7 Å². The minimum atomic E-state index is -0.347. The third-order valence-corrected chi connectivity index (χ3v) is 3.26. The molecule has 22 heavy (non-hydrogen) atoms. The Morgan fingerprint density at radius 1 is 1.27 bits per heavy atom. The molecule has 1 aromatic carbocycles. The fraction of sp³-hybridized carbons (Fsp3) is 0.267. The molecule has 0 aliphatic carbocycles. The van der Waals surface area contributed by atoms with Crippen molar-refractivity contribution in [2.45, 2.75) is 6.42 Å². The Hall–Kier alpha value is -2.54. The van der Waals surface area contributed by atoms with Crippen LogP contribution in [-0.2, 0) is 4.74 Å². The topological polar surface area (TPSA) is 64.9 Å². The average molecular weight is 301 g/mol. The highest BCUT2D eigenvalue weighted by Gasteiger charge is 2.13. The number of nitrogens with zero attached hydrogens (tertiary/aromatic N) is 4. The Kier molecular flexibility index (Phi) is 4.24. The lowest BCUT2D eigenvalue weighted by Crippen LogP contribution is -2.07. The molecule has 0 saturated heterocycles. The summed E-state index contributed by atoms with van der Waals surface area (Å²) in [5, 5.41) is 8.22. The first-order chi connectivity index (χ1) is 10.8. The molecule has 1 N–H and O–H groups in total. The van der Waals surface area contributed by atoms with E-state index in [1.165, 1.54) is 17.1 Å². The van der Waals surface area contributed by atoms with Gasteiger partial charge in [0, 0.05) is 20.3 Å². The number of para-hydroxylation sites is 1. The molecule has 0 fully saturated rings. The fourth-order valence-corrected chi connectivity index (χ4v) is 2.21. The number of fused-ring (bicyclic) bond motifs is 1. The summed E-state index contributed by atoms with van der Waals surface area (Å²) >= 11 is 0. The van der Waals surface area contributed by atoms with Gasteiger partial charge in [-0.1, -0.05) is 12.1 Å². The molecule has 6 nitrogen and oxygen atoms in total. The highest BCUT2D eigenvalue weighted by molar-refractivity contribution is 5.87. The molecule has 0 radical (unpaired) electrons. The Balaban J connectivity index is 1.94. The second kappa shape index (κ2) is 6.48. The molecular weight excluding hydrogens is 285 g/mol. The van der Waals surface area contributed by atoms with Crippen LogP contribution in [0.5, 0.6) is 0 Å². The van der Waals surface area contributed by atoms with Gasteiger partial charge in [0.05, 0.1) is 11.6 Å². The number of methoxy groups -OCH3 is 1. The van der Waals surface area contributed by atoms with E-state index in [2.05, 4.69) is 20.4 Å². The number of anilines is 1. The number of nitrogens with one attached hydrogen (secondary N) is 1. The third-order valence-electron chi connectivity index (χ3n) is 3.26. The molecule has 0 atom stereocenters. The Morgan fingerprint density at radius 3 is 2.95 bits per heavy atom. The van der Waals surface area contributed by atoms with E-state index in [0.717, 1.165) is 18.4 Å². The highest BCUT2D eigenvalue weighted by Crippen LogP contribution is 2.22. The first-order valence-corrected chi connectivity index (χ1v) is 6.97. The van der Waals surface area contributed by atoms with Gasteiger partial charge < -0.3 is 10.1 Å². The quantitative estimate of drug-likeness (QED) is 0.708. The maximum absolute atomic E-state index is 13.9. The number of rotatable bonds is 6. The molecule has 0 amide bonds. The molecular formula is C15H16FN5O. The van der Waals surface area contributed by atoms with E-state index >= 15 is 0 Å². The minimum Gasteiger partial charge on any atom is -0.385 e. The second-order valence-electron chi connectivity index (χ2n) is 4.74. The van der Waals surface area contributed by atoms with Crippen molar-refractivity contribution in [1.82, 2.24) is 19.7 Å². The summed E-state index contributed by atoms with van der Waals surface area (Å²) in [4.78, 5) is 8.45. The molecule has 2 aromatic heterocycles. The molecule has 2 heterocycles. The van der Waals surface area contributed by atoms with E-state index in [1.807, 2.05) is 0 Å². The molecule has 3 aromatic rings. The summed E-state index contributed by atoms with van der Waals surface area (Å²) in [6.45, 7) is 1.40. The third kappa shape index (κ3) is 2.75. The smallest absolute Gasteiger partial charge is 0.168 e. The van der Waals surface area contributed by atoms with E-state index in [4.69, 9.17) is 4.74 Å². The maximum Gasteiger partial charge on any atom is 0.168 e. The van der Waals surface area contributed by atoms with Crippen LogP contribution in [0.2, 0.25) is 0 Å². The summed E-state index contributed by atoms with van der Waals surface area (Å²) in [5.41, 5.74) is 0.927. The summed E-state index contributed by atoms with van der Waals surface area (Å²) in [6, 6.07) is 6.46. The predicted molar refractivity (Wildman–Crippen MR) is 81.6 cm³/mol. The van der Waals surface area contributed by atoms with Crippen molar-refractivity contribution in [2.75, 3.05) is 25.6 Å². The number of hydrogen-bond acceptors (Lipinski definition) is 5. The molecule has 0 spiro atoms. The van der Waals surface area contributed by atoms with Crippen LogP contribution in [0.15, 0.2) is 36.8 Å². The van der Waals surface area contributed by atoms with Crippen LogP contribution in [0.4, 0.5) is 10.2 Å². The van der Waals surface area contributed by atoms with Gasteiger partial charge in [0.1, 0.15) is 23.6 Å². The summed E-state index contributed by atoms with van der Waals surface area (Å²) < 4.78 is 20.4. The normalized spacial score (nSPS) is 11.0. The van der Waals surface area contributed by atoms with Crippen molar-refractivity contribution in [3.05, 3.63) is 42.6 Å². The SMILES string of the molecule is COCCCNc1ncnc2c1cnn2-c1ccccc1F. The van der Waals surface area contributed by atoms with Crippen molar-refractivity contribution in [3.63, 3.8) is 0 Å². The molecule has 114 valence electrons. The molecule has 7 heteroatoms. The predicted octanol–water partition coefficient (Wildman–Crippen LogP) is 2.40. The van der Waals surface area contributed by atoms with Crippen molar-refractivity contribution >= 4 is 16.9 Å². The summed E-state index contributed by atoms with van der Waals surface area (Å²) in [5.74, 6) is 0.337. The van der Waals surface area contributed by atoms with E-state index < -0.39 is 0 Å². The van der Waals surface area contributed by atoms with Crippen LogP contribution >= 0.6 is 0 Å². The van der Waals surface area contributed by atoms with Gasteiger partial charge >= 0.3 is 0 Å². The van der Waals surface area contributed by atoms with Gasteiger partial charge in [0.2, 0.25) is 0 Å². The Morgan fingerprint density at radius 2 is 2.14 bits per heavy atom. The molecule has 0 bridgehead atoms. The lowest BCUT2D eigenvalue weighted by molar-refractivity contribution is 0.198. The van der Waals surface area contributed by atoms with Gasteiger partial charge in [-0.2, -0.15) is 5.10 Å². The monoisotopic (exact) mass is 301 g/mol. The zero-order valence-corrected chi connectivity index (χ0v) is 12.2. The zero-order chi connectivity index (χ0) is 15.4. The molecule has 0 saturated carbocycles. The Labute approximate surface area is 127 Å². The van der Waals surface area contributed by atoms with Crippen LogP contribution < -0.4 is 5.32 Å². The Bertz CT molecular complexity index is 773. The van der Waals surface area contributed by atoms with Gasteiger partial charge in [-0.25, -0.2) is 19.0 Å². The fourth-order valence-electron chi connectivity index (χ4n) is 2.21. The van der Waals surface area contributed by atoms with Crippen molar-refractivity contribution < 1.29 is 9.13 Å². The van der Waals surface area contributed by atoms with Crippen molar-refractivity contribution in [3.8, 4) is 5.69 Å².